The lowest BCUT2D eigenvalue weighted by Crippen LogP contribution is -2.31. The van der Waals surface area contributed by atoms with Gasteiger partial charge in [-0.05, 0) is 85.8 Å². The first kappa shape index (κ1) is 25.3. The maximum atomic E-state index is 13.3. The SMILES string of the molecule is O=C1Nc2ccc([N+](=O)[O-])cc2C1=C(Nc1ccc2c(c1)CCNC2)c1ccc(CCN2CCCCC2)cc1. The van der Waals surface area contributed by atoms with Crippen LogP contribution in [0.1, 0.15) is 47.1 Å². The summed E-state index contributed by atoms with van der Waals surface area (Å²) in [5, 5.41) is 21.4. The standard InChI is InChI=1S/C31H33N5O3/c37-31-29(27-19-26(36(38)39)10-11-28(27)34-31)30(33-25-9-8-24-20-32-14-12-23(24)18-25)22-6-4-21(5-7-22)13-17-35-15-2-1-3-16-35/h4-11,18-19,32-33H,1-3,12-17,20H2,(H,34,37). The summed E-state index contributed by atoms with van der Waals surface area (Å²) in [6.07, 6.45) is 5.81. The third kappa shape index (κ3) is 5.44. The predicted molar refractivity (Wildman–Crippen MR) is 154 cm³/mol. The van der Waals surface area contributed by atoms with Gasteiger partial charge in [-0.25, -0.2) is 0 Å². The molecule has 3 N–H and O–H groups in total. The molecule has 0 aliphatic carbocycles. The van der Waals surface area contributed by atoms with Crippen LogP contribution < -0.4 is 16.0 Å². The van der Waals surface area contributed by atoms with E-state index in [0.29, 0.717) is 22.5 Å². The maximum absolute atomic E-state index is 13.3. The molecular formula is C31H33N5O3. The molecule has 1 saturated heterocycles. The Morgan fingerprint density at radius 3 is 2.59 bits per heavy atom. The fraction of sp³-hybridized carbons (Fsp3) is 0.323. The summed E-state index contributed by atoms with van der Waals surface area (Å²) in [5.74, 6) is -0.274. The van der Waals surface area contributed by atoms with Gasteiger partial charge in [0.1, 0.15) is 0 Å². The molecule has 3 aromatic carbocycles. The molecule has 3 heterocycles. The second kappa shape index (κ2) is 11.0. The van der Waals surface area contributed by atoms with E-state index in [0.717, 1.165) is 43.7 Å². The number of likely N-dealkylation sites (tertiary alicyclic amines) is 1. The van der Waals surface area contributed by atoms with Crippen molar-refractivity contribution in [3.63, 3.8) is 0 Å². The molecule has 39 heavy (non-hydrogen) atoms. The van der Waals surface area contributed by atoms with Crippen LogP contribution in [0.3, 0.4) is 0 Å². The predicted octanol–water partition coefficient (Wildman–Crippen LogP) is 5.20. The first-order valence-electron chi connectivity index (χ1n) is 13.8. The van der Waals surface area contributed by atoms with Crippen LogP contribution in [0, 0.1) is 10.1 Å². The molecule has 3 aromatic rings. The number of hydrogen-bond acceptors (Lipinski definition) is 6. The van der Waals surface area contributed by atoms with Crippen molar-refractivity contribution in [2.45, 2.75) is 38.6 Å². The van der Waals surface area contributed by atoms with Crippen LogP contribution >= 0.6 is 0 Å². The van der Waals surface area contributed by atoms with Gasteiger partial charge in [-0.15, -0.1) is 0 Å². The Bertz CT molecular complexity index is 1440. The Morgan fingerprint density at radius 1 is 0.974 bits per heavy atom. The van der Waals surface area contributed by atoms with Gasteiger partial charge in [0.15, 0.2) is 0 Å². The Labute approximate surface area is 228 Å². The van der Waals surface area contributed by atoms with E-state index in [2.05, 4.69) is 45.1 Å². The molecule has 3 aliphatic rings. The van der Waals surface area contributed by atoms with Crippen LogP contribution in [0.2, 0.25) is 0 Å². The molecule has 1 amide bonds. The summed E-state index contributed by atoms with van der Waals surface area (Å²) < 4.78 is 0. The molecular weight excluding hydrogens is 490 g/mol. The fourth-order valence-electron chi connectivity index (χ4n) is 5.80. The number of hydrogen-bond donors (Lipinski definition) is 3. The van der Waals surface area contributed by atoms with Crippen molar-refractivity contribution < 1.29 is 9.72 Å². The molecule has 0 unspecified atom stereocenters. The molecule has 0 saturated carbocycles. The lowest BCUT2D eigenvalue weighted by atomic mass is 9.97. The van der Waals surface area contributed by atoms with Gasteiger partial charge < -0.3 is 20.9 Å². The van der Waals surface area contributed by atoms with E-state index in [1.54, 1.807) is 6.07 Å². The summed E-state index contributed by atoms with van der Waals surface area (Å²) in [7, 11) is 0. The molecule has 200 valence electrons. The number of nitro groups is 1. The van der Waals surface area contributed by atoms with E-state index in [1.165, 1.54) is 61.2 Å². The van der Waals surface area contributed by atoms with Gasteiger partial charge in [0.25, 0.3) is 11.6 Å². The van der Waals surface area contributed by atoms with Crippen molar-refractivity contribution in [2.24, 2.45) is 0 Å². The molecule has 1 fully saturated rings. The number of nitrogens with one attached hydrogen (secondary N) is 3. The number of nitrogens with zero attached hydrogens (tertiary/aromatic N) is 2. The van der Waals surface area contributed by atoms with Gasteiger partial charge in [-0.3, -0.25) is 14.9 Å². The number of benzene rings is 3. The molecule has 3 aliphatic heterocycles. The Morgan fingerprint density at radius 2 is 1.79 bits per heavy atom. The molecule has 8 heteroatoms. The van der Waals surface area contributed by atoms with Crippen molar-refractivity contribution in [1.29, 1.82) is 0 Å². The average molecular weight is 524 g/mol. The Kier molecular flexibility index (Phi) is 7.13. The number of rotatable bonds is 7. The van der Waals surface area contributed by atoms with Gasteiger partial charge in [-0.2, -0.15) is 0 Å². The summed E-state index contributed by atoms with van der Waals surface area (Å²) in [5.41, 5.74) is 7.68. The van der Waals surface area contributed by atoms with E-state index in [-0.39, 0.29) is 11.6 Å². The smallest absolute Gasteiger partial charge is 0.270 e. The molecule has 0 atom stereocenters. The second-order valence-electron chi connectivity index (χ2n) is 10.6. The first-order valence-corrected chi connectivity index (χ1v) is 13.8. The summed E-state index contributed by atoms with van der Waals surface area (Å²) in [4.78, 5) is 26.9. The molecule has 6 rings (SSSR count). The van der Waals surface area contributed by atoms with Gasteiger partial charge in [0.05, 0.1) is 16.2 Å². The molecule has 0 aromatic heterocycles. The third-order valence-corrected chi connectivity index (χ3v) is 7.98. The highest BCUT2D eigenvalue weighted by molar-refractivity contribution is 6.37. The minimum atomic E-state index is -0.428. The topological polar surface area (TPSA) is 99.5 Å². The average Bonchev–Trinajstić information content (AvgIpc) is 3.30. The summed E-state index contributed by atoms with van der Waals surface area (Å²) in [6.45, 7) is 5.19. The Hall–Kier alpha value is -4.01. The first-order chi connectivity index (χ1) is 19.0. The zero-order valence-corrected chi connectivity index (χ0v) is 22.0. The van der Waals surface area contributed by atoms with Gasteiger partial charge in [0.2, 0.25) is 0 Å². The molecule has 8 nitrogen and oxygen atoms in total. The Balaban J connectivity index is 1.36. The zero-order valence-electron chi connectivity index (χ0n) is 22.0. The number of anilines is 2. The highest BCUT2D eigenvalue weighted by atomic mass is 16.6. The van der Waals surface area contributed by atoms with Gasteiger partial charge in [0, 0.05) is 42.2 Å². The highest BCUT2D eigenvalue weighted by Gasteiger charge is 2.30. The number of nitro benzene ring substituents is 1. The van der Waals surface area contributed by atoms with Crippen molar-refractivity contribution in [2.75, 3.05) is 36.8 Å². The number of non-ortho nitro benzene ring substituents is 1. The van der Waals surface area contributed by atoms with Crippen molar-refractivity contribution in [3.8, 4) is 0 Å². The molecule has 0 bridgehead atoms. The van der Waals surface area contributed by atoms with Crippen molar-refractivity contribution in [3.05, 3.63) is 98.6 Å². The highest BCUT2D eigenvalue weighted by Crippen LogP contribution is 2.39. The number of carbonyl (C=O) groups is 1. The van der Waals surface area contributed by atoms with Gasteiger partial charge in [-0.1, -0.05) is 36.8 Å². The lowest BCUT2D eigenvalue weighted by Gasteiger charge is -2.26. The van der Waals surface area contributed by atoms with Crippen molar-refractivity contribution in [1.82, 2.24) is 10.2 Å². The van der Waals surface area contributed by atoms with Gasteiger partial charge >= 0.3 is 0 Å². The van der Waals surface area contributed by atoms with E-state index in [1.807, 2.05) is 18.2 Å². The van der Waals surface area contributed by atoms with Crippen LogP contribution in [0.25, 0.3) is 11.3 Å². The minimum absolute atomic E-state index is 0.0450. The van der Waals surface area contributed by atoms with Crippen LogP contribution in [-0.4, -0.2) is 41.9 Å². The third-order valence-electron chi connectivity index (χ3n) is 7.98. The lowest BCUT2D eigenvalue weighted by molar-refractivity contribution is -0.384. The normalized spacial score (nSPS) is 18.2. The number of amides is 1. The number of carbonyl (C=O) groups excluding carboxylic acids is 1. The van der Waals surface area contributed by atoms with Crippen LogP contribution in [0.15, 0.2) is 60.7 Å². The van der Waals surface area contributed by atoms with Crippen LogP contribution in [0.5, 0.6) is 0 Å². The van der Waals surface area contributed by atoms with E-state index >= 15 is 0 Å². The number of piperidine rings is 1. The van der Waals surface area contributed by atoms with E-state index < -0.39 is 4.92 Å². The monoisotopic (exact) mass is 523 g/mol. The fourth-order valence-corrected chi connectivity index (χ4v) is 5.80. The molecule has 0 spiro atoms. The quantitative estimate of drug-likeness (QED) is 0.224. The zero-order chi connectivity index (χ0) is 26.8. The minimum Gasteiger partial charge on any atom is -0.354 e. The summed E-state index contributed by atoms with van der Waals surface area (Å²) >= 11 is 0. The second-order valence-corrected chi connectivity index (χ2v) is 10.6. The largest absolute Gasteiger partial charge is 0.354 e. The number of fused-ring (bicyclic) bond motifs is 2. The molecule has 0 radical (unpaired) electrons. The summed E-state index contributed by atoms with van der Waals surface area (Å²) in [6, 6.07) is 19.1. The van der Waals surface area contributed by atoms with Crippen molar-refractivity contribution >= 4 is 34.2 Å². The van der Waals surface area contributed by atoms with E-state index in [4.69, 9.17) is 0 Å². The van der Waals surface area contributed by atoms with Crippen LogP contribution in [0.4, 0.5) is 17.1 Å². The maximum Gasteiger partial charge on any atom is 0.270 e. The van der Waals surface area contributed by atoms with E-state index in [9.17, 15) is 14.9 Å². The van der Waals surface area contributed by atoms with Crippen LogP contribution in [-0.2, 0) is 24.2 Å².